The van der Waals surface area contributed by atoms with Crippen molar-refractivity contribution in [3.8, 4) is 6.07 Å². The third-order valence-electron chi connectivity index (χ3n) is 4.09. The summed E-state index contributed by atoms with van der Waals surface area (Å²) in [5.74, 6) is 0. The van der Waals surface area contributed by atoms with Gasteiger partial charge in [0.15, 0.2) is 0 Å². The van der Waals surface area contributed by atoms with Gasteiger partial charge in [-0.05, 0) is 12.8 Å². The summed E-state index contributed by atoms with van der Waals surface area (Å²) in [6.45, 7) is 1.39. The van der Waals surface area contributed by atoms with Gasteiger partial charge in [0.25, 0.3) is 10.2 Å². The fourth-order valence-electron chi connectivity index (χ4n) is 2.87. The first-order chi connectivity index (χ1) is 9.07. The molecule has 2 fully saturated rings. The van der Waals surface area contributed by atoms with Crippen molar-refractivity contribution in [3.63, 3.8) is 0 Å². The molecule has 1 N–H and O–H groups in total. The molecule has 0 aromatic carbocycles. The van der Waals surface area contributed by atoms with Crippen LogP contribution in [0.25, 0.3) is 0 Å². The zero-order valence-electron chi connectivity index (χ0n) is 11.4. The lowest BCUT2D eigenvalue weighted by Crippen LogP contribution is -2.57. The van der Waals surface area contributed by atoms with Crippen LogP contribution in [0.4, 0.5) is 0 Å². The fraction of sp³-hybridized carbons (Fsp3) is 0.917. The normalized spacial score (nSPS) is 27.3. The van der Waals surface area contributed by atoms with E-state index in [2.05, 4.69) is 11.4 Å². The highest BCUT2D eigenvalue weighted by atomic mass is 32.2. The summed E-state index contributed by atoms with van der Waals surface area (Å²) in [6, 6.07) is 1.57. The van der Waals surface area contributed by atoms with Gasteiger partial charge < -0.3 is 5.32 Å². The number of nitrogens with one attached hydrogen (secondary N) is 1. The first-order valence-corrected chi connectivity index (χ1v) is 8.32. The molecular weight excluding hydrogens is 264 g/mol. The van der Waals surface area contributed by atoms with Gasteiger partial charge in [-0.2, -0.15) is 22.3 Å². The van der Waals surface area contributed by atoms with Crippen LogP contribution < -0.4 is 5.32 Å². The van der Waals surface area contributed by atoms with E-state index in [0.717, 1.165) is 25.7 Å². The molecule has 0 radical (unpaired) electrons. The molecule has 1 aliphatic heterocycles. The third kappa shape index (κ3) is 3.08. The minimum atomic E-state index is -3.52. The Labute approximate surface area is 115 Å². The van der Waals surface area contributed by atoms with Gasteiger partial charge >= 0.3 is 0 Å². The van der Waals surface area contributed by atoms with E-state index in [1.165, 1.54) is 15.0 Å². The van der Waals surface area contributed by atoms with Gasteiger partial charge in [-0.3, -0.25) is 0 Å². The SMILES string of the molecule is CN(C1CCCCC1)S(=O)(=O)N1CCNCC1C#N. The quantitative estimate of drug-likeness (QED) is 0.809. The lowest BCUT2D eigenvalue weighted by atomic mass is 9.96. The Bertz CT molecular complexity index is 439. The predicted octanol–water partition coefficient (Wildman–Crippen LogP) is 0.293. The van der Waals surface area contributed by atoms with Crippen molar-refractivity contribution in [3.05, 3.63) is 0 Å². The Kier molecular flexibility index (Phi) is 4.79. The largest absolute Gasteiger partial charge is 0.313 e. The highest BCUT2D eigenvalue weighted by molar-refractivity contribution is 7.86. The Balaban J connectivity index is 2.13. The Hall–Kier alpha value is -0.680. The first-order valence-electron chi connectivity index (χ1n) is 6.92. The number of rotatable bonds is 3. The van der Waals surface area contributed by atoms with Crippen LogP contribution in [0.3, 0.4) is 0 Å². The summed E-state index contributed by atoms with van der Waals surface area (Å²) in [6.07, 6.45) is 5.23. The molecule has 0 amide bonds. The Morgan fingerprint density at radius 3 is 2.63 bits per heavy atom. The maximum absolute atomic E-state index is 12.6. The number of nitrogens with zero attached hydrogens (tertiary/aromatic N) is 3. The molecule has 1 saturated heterocycles. The summed E-state index contributed by atoms with van der Waals surface area (Å²) in [4.78, 5) is 0. The molecule has 0 spiro atoms. The summed E-state index contributed by atoms with van der Waals surface area (Å²) in [5, 5.41) is 12.2. The molecule has 2 rings (SSSR count). The number of hydrogen-bond donors (Lipinski definition) is 1. The molecule has 1 heterocycles. The van der Waals surface area contributed by atoms with Crippen molar-refractivity contribution in [1.29, 1.82) is 5.26 Å². The second kappa shape index (κ2) is 6.18. The standard InChI is InChI=1S/C12H22N4O2S/c1-15(11-5-3-2-4-6-11)19(17,18)16-8-7-14-10-12(16)9-13/h11-12,14H,2-8,10H2,1H3. The fourth-order valence-corrected chi connectivity index (χ4v) is 4.55. The molecule has 6 nitrogen and oxygen atoms in total. The van der Waals surface area contributed by atoms with E-state index in [1.807, 2.05) is 0 Å². The van der Waals surface area contributed by atoms with E-state index in [9.17, 15) is 8.42 Å². The van der Waals surface area contributed by atoms with Gasteiger partial charge in [-0.15, -0.1) is 0 Å². The van der Waals surface area contributed by atoms with Crippen molar-refractivity contribution in [2.24, 2.45) is 0 Å². The average Bonchev–Trinajstić information content (AvgIpc) is 2.47. The van der Waals surface area contributed by atoms with Crippen LogP contribution in [0.15, 0.2) is 0 Å². The van der Waals surface area contributed by atoms with Crippen molar-refractivity contribution in [2.45, 2.75) is 44.2 Å². The molecule has 19 heavy (non-hydrogen) atoms. The van der Waals surface area contributed by atoms with E-state index in [4.69, 9.17) is 5.26 Å². The monoisotopic (exact) mass is 286 g/mol. The molecule has 1 unspecified atom stereocenters. The highest BCUT2D eigenvalue weighted by Gasteiger charge is 2.38. The van der Waals surface area contributed by atoms with Crippen LogP contribution >= 0.6 is 0 Å². The van der Waals surface area contributed by atoms with Crippen LogP contribution in [-0.4, -0.2) is 55.8 Å². The van der Waals surface area contributed by atoms with Gasteiger partial charge in [0.05, 0.1) is 6.07 Å². The summed E-state index contributed by atoms with van der Waals surface area (Å²) < 4.78 is 28.1. The molecule has 1 aliphatic carbocycles. The first kappa shape index (κ1) is 14.7. The molecule has 2 aliphatic rings. The highest BCUT2D eigenvalue weighted by Crippen LogP contribution is 2.25. The average molecular weight is 286 g/mol. The number of nitriles is 1. The van der Waals surface area contributed by atoms with Crippen LogP contribution in [-0.2, 0) is 10.2 Å². The van der Waals surface area contributed by atoms with Crippen LogP contribution in [0.2, 0.25) is 0 Å². The minimum absolute atomic E-state index is 0.0907. The Morgan fingerprint density at radius 1 is 1.32 bits per heavy atom. The minimum Gasteiger partial charge on any atom is -0.313 e. The number of hydrogen-bond acceptors (Lipinski definition) is 4. The smallest absolute Gasteiger partial charge is 0.283 e. The van der Waals surface area contributed by atoms with E-state index in [1.54, 1.807) is 7.05 Å². The van der Waals surface area contributed by atoms with Gasteiger partial charge in [0.2, 0.25) is 0 Å². The maximum Gasteiger partial charge on any atom is 0.283 e. The molecule has 0 aromatic heterocycles. The van der Waals surface area contributed by atoms with Gasteiger partial charge in [0.1, 0.15) is 6.04 Å². The van der Waals surface area contributed by atoms with Crippen LogP contribution in [0, 0.1) is 11.3 Å². The Morgan fingerprint density at radius 2 is 2.00 bits per heavy atom. The second-order valence-electron chi connectivity index (χ2n) is 5.28. The summed E-state index contributed by atoms with van der Waals surface area (Å²) >= 11 is 0. The van der Waals surface area contributed by atoms with E-state index < -0.39 is 16.3 Å². The van der Waals surface area contributed by atoms with Gasteiger partial charge in [0, 0.05) is 32.7 Å². The van der Waals surface area contributed by atoms with Crippen molar-refractivity contribution < 1.29 is 8.42 Å². The van der Waals surface area contributed by atoms with Gasteiger partial charge in [-0.25, -0.2) is 0 Å². The maximum atomic E-state index is 12.6. The van der Waals surface area contributed by atoms with Crippen LogP contribution in [0.1, 0.15) is 32.1 Å². The lowest BCUT2D eigenvalue weighted by molar-refractivity contribution is 0.241. The van der Waals surface area contributed by atoms with Crippen LogP contribution in [0.5, 0.6) is 0 Å². The van der Waals surface area contributed by atoms with E-state index >= 15 is 0 Å². The zero-order valence-corrected chi connectivity index (χ0v) is 12.2. The molecule has 1 atom stereocenters. The molecule has 0 bridgehead atoms. The van der Waals surface area contributed by atoms with E-state index in [-0.39, 0.29) is 6.04 Å². The molecule has 108 valence electrons. The topological polar surface area (TPSA) is 76.4 Å². The second-order valence-corrected chi connectivity index (χ2v) is 7.22. The zero-order chi connectivity index (χ0) is 13.9. The predicted molar refractivity (Wildman–Crippen MR) is 72.5 cm³/mol. The molecular formula is C12H22N4O2S. The summed E-state index contributed by atoms with van der Waals surface area (Å²) in [5.41, 5.74) is 0. The van der Waals surface area contributed by atoms with Crippen molar-refractivity contribution in [1.82, 2.24) is 13.9 Å². The summed E-state index contributed by atoms with van der Waals surface area (Å²) in [7, 11) is -1.86. The van der Waals surface area contributed by atoms with Gasteiger partial charge in [-0.1, -0.05) is 19.3 Å². The molecule has 7 heteroatoms. The third-order valence-corrected chi connectivity index (χ3v) is 6.15. The lowest BCUT2D eigenvalue weighted by Gasteiger charge is -2.37. The molecule has 1 saturated carbocycles. The molecule has 0 aromatic rings. The van der Waals surface area contributed by atoms with E-state index in [0.29, 0.717) is 19.6 Å². The number of piperazine rings is 1. The van der Waals surface area contributed by atoms with Crippen molar-refractivity contribution >= 4 is 10.2 Å². The van der Waals surface area contributed by atoms with Crippen molar-refractivity contribution in [2.75, 3.05) is 26.7 Å².